The molecule has 31 heavy (non-hydrogen) atoms. The molecule has 0 aromatic rings. The van der Waals surface area contributed by atoms with Gasteiger partial charge in [-0.3, -0.25) is 0 Å². The van der Waals surface area contributed by atoms with Crippen LogP contribution in [0.3, 0.4) is 0 Å². The lowest BCUT2D eigenvalue weighted by atomic mass is 9.60. The smallest absolute Gasteiger partial charge is 0.250 e. The maximum atomic E-state index is 14.2. The maximum Gasteiger partial charge on any atom is 0.250 e. The van der Waals surface area contributed by atoms with Crippen LogP contribution >= 0.6 is 0 Å². The molecule has 0 amide bonds. The molecular weight excluding hydrogens is 394 g/mol. The Labute approximate surface area is 187 Å². The number of hydrogen-bond acceptors (Lipinski definition) is 2. The first-order valence-corrected chi connectivity index (χ1v) is 12.3. The van der Waals surface area contributed by atoms with E-state index in [0.29, 0.717) is 37.0 Å². The third-order valence-electron chi connectivity index (χ3n) is 8.77. The lowest BCUT2D eigenvalue weighted by Gasteiger charge is -2.44. The second-order valence-corrected chi connectivity index (χ2v) is 11.1. The standard InChI is InChI=1S/C27H42F2O2/c1-17(2)27(28,29)14-12-18(3)23-10-11-24-20(7-6-13-26(23,24)5)8-9-21-15-22(30)16-25(31)19(21)4/h8-9,17-18,22-25,30-31H,4,6-7,10-16H2,1-3,5H3/b20-8+,21-9-/t18-,22-,23-,24+,25+,26-/m1/s1. The third kappa shape index (κ3) is 5.16. The van der Waals surface area contributed by atoms with Crippen LogP contribution in [0.4, 0.5) is 8.78 Å². The third-order valence-corrected chi connectivity index (χ3v) is 8.77. The van der Waals surface area contributed by atoms with Gasteiger partial charge in [0.25, 0.3) is 0 Å². The van der Waals surface area contributed by atoms with E-state index >= 15 is 0 Å². The Balaban J connectivity index is 1.73. The molecule has 0 spiro atoms. The molecule has 0 saturated heterocycles. The fourth-order valence-electron chi connectivity index (χ4n) is 6.59. The Morgan fingerprint density at radius 1 is 1.19 bits per heavy atom. The zero-order chi connectivity index (χ0) is 23.0. The first kappa shape index (κ1) is 24.6. The quantitative estimate of drug-likeness (QED) is 0.479. The Bertz CT molecular complexity index is 723. The van der Waals surface area contributed by atoms with E-state index in [9.17, 15) is 19.0 Å². The summed E-state index contributed by atoms with van der Waals surface area (Å²) in [5.74, 6) is -1.88. The van der Waals surface area contributed by atoms with Gasteiger partial charge in [0.2, 0.25) is 5.92 Å². The first-order chi connectivity index (χ1) is 14.5. The van der Waals surface area contributed by atoms with E-state index in [1.54, 1.807) is 13.8 Å². The summed E-state index contributed by atoms with van der Waals surface area (Å²) in [6, 6.07) is 0. The van der Waals surface area contributed by atoms with E-state index in [4.69, 9.17) is 0 Å². The highest BCUT2D eigenvalue weighted by Crippen LogP contribution is 2.60. The normalized spacial score (nSPS) is 38.2. The van der Waals surface area contributed by atoms with Gasteiger partial charge in [-0.2, -0.15) is 0 Å². The van der Waals surface area contributed by atoms with Crippen LogP contribution < -0.4 is 0 Å². The van der Waals surface area contributed by atoms with Gasteiger partial charge in [-0.1, -0.05) is 52.0 Å². The van der Waals surface area contributed by atoms with Crippen molar-refractivity contribution in [2.24, 2.45) is 29.1 Å². The van der Waals surface area contributed by atoms with Crippen LogP contribution in [-0.4, -0.2) is 28.3 Å². The van der Waals surface area contributed by atoms with Crippen LogP contribution in [-0.2, 0) is 0 Å². The summed E-state index contributed by atoms with van der Waals surface area (Å²) in [6.45, 7) is 11.8. The van der Waals surface area contributed by atoms with Crippen molar-refractivity contribution < 1.29 is 19.0 Å². The molecule has 3 aliphatic carbocycles. The van der Waals surface area contributed by atoms with Gasteiger partial charge in [-0.15, -0.1) is 0 Å². The van der Waals surface area contributed by atoms with E-state index in [1.807, 2.05) is 0 Å². The average Bonchev–Trinajstić information content (AvgIpc) is 3.05. The number of rotatable bonds is 6. The summed E-state index contributed by atoms with van der Waals surface area (Å²) in [5.41, 5.74) is 3.30. The molecule has 3 saturated carbocycles. The van der Waals surface area contributed by atoms with Crippen LogP contribution in [0.25, 0.3) is 0 Å². The molecule has 3 fully saturated rings. The number of hydrogen-bond donors (Lipinski definition) is 2. The minimum Gasteiger partial charge on any atom is -0.393 e. The number of halogens is 2. The molecule has 0 bridgehead atoms. The molecule has 2 N–H and O–H groups in total. The Hall–Kier alpha value is -1.00. The van der Waals surface area contributed by atoms with Crippen molar-refractivity contribution in [1.29, 1.82) is 0 Å². The second-order valence-electron chi connectivity index (χ2n) is 11.1. The minimum absolute atomic E-state index is 0.00929. The van der Waals surface area contributed by atoms with Crippen LogP contribution in [0.5, 0.6) is 0 Å². The van der Waals surface area contributed by atoms with Crippen molar-refractivity contribution >= 4 is 0 Å². The molecule has 0 heterocycles. The predicted molar refractivity (Wildman–Crippen MR) is 123 cm³/mol. The van der Waals surface area contributed by atoms with Gasteiger partial charge in [0.05, 0.1) is 12.2 Å². The highest BCUT2D eigenvalue weighted by Gasteiger charge is 2.51. The molecule has 6 atom stereocenters. The van der Waals surface area contributed by atoms with Crippen LogP contribution in [0, 0.1) is 29.1 Å². The van der Waals surface area contributed by atoms with E-state index < -0.39 is 24.0 Å². The molecule has 0 aliphatic heterocycles. The number of fused-ring (bicyclic) bond motifs is 1. The van der Waals surface area contributed by atoms with Crippen LogP contribution in [0.1, 0.15) is 85.5 Å². The van der Waals surface area contributed by atoms with Gasteiger partial charge in [-0.05, 0) is 79.3 Å². The fraction of sp³-hybridized carbons (Fsp3) is 0.778. The van der Waals surface area contributed by atoms with Crippen molar-refractivity contribution in [1.82, 2.24) is 0 Å². The number of allylic oxidation sites excluding steroid dienone is 3. The summed E-state index contributed by atoms with van der Waals surface area (Å²) in [6.07, 6.45) is 10.2. The van der Waals surface area contributed by atoms with E-state index in [-0.39, 0.29) is 11.8 Å². The largest absolute Gasteiger partial charge is 0.393 e. The molecule has 0 unspecified atom stereocenters. The lowest BCUT2D eigenvalue weighted by molar-refractivity contribution is -0.0600. The maximum absolute atomic E-state index is 14.2. The SMILES string of the molecule is C=C1/C(=C\C=C2/CCC[C@]3(C)[C@@H]([C@H](C)CCC(F)(F)C(C)C)CC[C@@H]23)C[C@@H](O)C[C@@H]1O. The second kappa shape index (κ2) is 9.47. The Morgan fingerprint density at radius 3 is 2.58 bits per heavy atom. The Morgan fingerprint density at radius 2 is 1.90 bits per heavy atom. The molecule has 0 aromatic carbocycles. The summed E-state index contributed by atoms with van der Waals surface area (Å²) in [5, 5.41) is 20.1. The van der Waals surface area contributed by atoms with E-state index in [0.717, 1.165) is 36.8 Å². The van der Waals surface area contributed by atoms with Gasteiger partial charge in [-0.25, -0.2) is 8.78 Å². The minimum atomic E-state index is -2.57. The lowest BCUT2D eigenvalue weighted by Crippen LogP contribution is -2.36. The molecule has 2 nitrogen and oxygen atoms in total. The van der Waals surface area contributed by atoms with Crippen LogP contribution in [0.2, 0.25) is 0 Å². The molecular formula is C27H42F2O2. The highest BCUT2D eigenvalue weighted by atomic mass is 19.3. The zero-order valence-electron chi connectivity index (χ0n) is 19.8. The van der Waals surface area contributed by atoms with E-state index in [1.165, 1.54) is 12.0 Å². The zero-order valence-corrected chi connectivity index (χ0v) is 19.8. The summed E-state index contributed by atoms with van der Waals surface area (Å²) in [7, 11) is 0. The molecule has 176 valence electrons. The fourth-order valence-corrected chi connectivity index (χ4v) is 6.59. The van der Waals surface area contributed by atoms with Crippen molar-refractivity contribution in [3.8, 4) is 0 Å². The topological polar surface area (TPSA) is 40.5 Å². The highest BCUT2D eigenvalue weighted by molar-refractivity contribution is 5.38. The van der Waals surface area contributed by atoms with Gasteiger partial charge < -0.3 is 10.2 Å². The number of aliphatic hydroxyl groups is 2. The predicted octanol–water partition coefficient (Wildman–Crippen LogP) is 6.84. The Kier molecular flexibility index (Phi) is 7.53. The van der Waals surface area contributed by atoms with Crippen molar-refractivity contribution in [3.05, 3.63) is 35.5 Å². The van der Waals surface area contributed by atoms with Gasteiger partial charge in [0.15, 0.2) is 0 Å². The summed E-state index contributed by atoms with van der Waals surface area (Å²) in [4.78, 5) is 0. The summed E-state index contributed by atoms with van der Waals surface area (Å²) >= 11 is 0. The average molecular weight is 437 g/mol. The van der Waals surface area contributed by atoms with Gasteiger partial charge in [0, 0.05) is 18.8 Å². The van der Waals surface area contributed by atoms with E-state index in [2.05, 4.69) is 32.6 Å². The molecule has 4 heteroatoms. The molecule has 0 radical (unpaired) electrons. The van der Waals surface area contributed by atoms with Crippen LogP contribution in [0.15, 0.2) is 35.5 Å². The first-order valence-electron chi connectivity index (χ1n) is 12.3. The monoisotopic (exact) mass is 436 g/mol. The summed E-state index contributed by atoms with van der Waals surface area (Å²) < 4.78 is 28.4. The van der Waals surface area contributed by atoms with Gasteiger partial charge >= 0.3 is 0 Å². The number of alkyl halides is 2. The molecule has 3 rings (SSSR count). The van der Waals surface area contributed by atoms with Gasteiger partial charge in [0.1, 0.15) is 0 Å². The van der Waals surface area contributed by atoms with Crippen molar-refractivity contribution in [2.75, 3.05) is 0 Å². The van der Waals surface area contributed by atoms with Crippen molar-refractivity contribution in [3.63, 3.8) is 0 Å². The molecule has 3 aliphatic rings. The van der Waals surface area contributed by atoms with Crippen molar-refractivity contribution in [2.45, 2.75) is 104 Å². The number of aliphatic hydroxyl groups excluding tert-OH is 2. The molecule has 0 aromatic heterocycles.